The lowest BCUT2D eigenvalue weighted by Gasteiger charge is -2.12. The molecule has 1 amide bonds. The monoisotopic (exact) mass is 456 g/mol. The first-order valence-electron chi connectivity index (χ1n) is 8.28. The zero-order chi connectivity index (χ0) is 20.0. The van der Waals surface area contributed by atoms with Gasteiger partial charge >= 0.3 is 5.97 Å². The van der Waals surface area contributed by atoms with Gasteiger partial charge in [-0.1, -0.05) is 15.9 Å². The van der Waals surface area contributed by atoms with Crippen molar-refractivity contribution in [1.29, 1.82) is 0 Å². The number of carbonyl (C=O) groups excluding carboxylic acids is 2. The molecule has 146 valence electrons. The van der Waals surface area contributed by atoms with E-state index >= 15 is 0 Å². The third-order valence-corrected chi connectivity index (χ3v) is 5.37. The first-order valence-corrected chi connectivity index (χ1v) is 9.89. The number of nitrogens with zero attached hydrogens (tertiary/aromatic N) is 2. The molecular weight excluding hydrogens is 436 g/mol. The number of ether oxygens (including phenoxy) is 3. The van der Waals surface area contributed by atoms with E-state index in [0.29, 0.717) is 39.1 Å². The number of esters is 1. The van der Waals surface area contributed by atoms with Crippen LogP contribution in [-0.2, 0) is 14.3 Å². The van der Waals surface area contributed by atoms with Crippen LogP contribution in [0.5, 0.6) is 11.5 Å². The maximum atomic E-state index is 12.6. The molecular formula is C18H21BrN2O5S. The Morgan fingerprint density at radius 3 is 2.63 bits per heavy atom. The van der Waals surface area contributed by atoms with Crippen LogP contribution in [0.2, 0.25) is 0 Å². The van der Waals surface area contributed by atoms with Crippen molar-refractivity contribution in [2.24, 2.45) is 4.99 Å². The highest BCUT2D eigenvalue weighted by atomic mass is 79.9. The summed E-state index contributed by atoms with van der Waals surface area (Å²) in [6, 6.07) is 3.43. The second kappa shape index (κ2) is 9.80. The van der Waals surface area contributed by atoms with E-state index in [4.69, 9.17) is 9.47 Å². The van der Waals surface area contributed by atoms with Gasteiger partial charge < -0.3 is 14.2 Å². The molecule has 0 bridgehead atoms. The fourth-order valence-electron chi connectivity index (χ4n) is 2.31. The van der Waals surface area contributed by atoms with Gasteiger partial charge in [0.25, 0.3) is 5.91 Å². The lowest BCUT2D eigenvalue weighted by Crippen LogP contribution is -2.28. The van der Waals surface area contributed by atoms with Gasteiger partial charge in [0.15, 0.2) is 23.3 Å². The minimum atomic E-state index is -0.491. The number of amidine groups is 1. The Hall–Kier alpha value is -2.00. The first-order chi connectivity index (χ1) is 12.9. The third kappa shape index (κ3) is 5.04. The first kappa shape index (κ1) is 21.3. The maximum Gasteiger partial charge on any atom is 0.343 e. The molecule has 1 aliphatic rings. The summed E-state index contributed by atoms with van der Waals surface area (Å²) >= 11 is 4.83. The topological polar surface area (TPSA) is 77.4 Å². The number of methoxy groups -OCH3 is 2. The number of hydrogen-bond acceptors (Lipinski definition) is 7. The highest BCUT2D eigenvalue weighted by Crippen LogP contribution is 2.38. The SMILES string of the molecule is CCN=C1S/C(=C\c2cc(OC)c(OCC(=O)OC)cc2Br)C(=O)N1CC. The van der Waals surface area contributed by atoms with Gasteiger partial charge in [-0.15, -0.1) is 0 Å². The lowest BCUT2D eigenvalue weighted by molar-refractivity contribution is -0.142. The van der Waals surface area contributed by atoms with Crippen LogP contribution in [0.3, 0.4) is 0 Å². The Balaban J connectivity index is 2.33. The normalized spacial score (nSPS) is 16.9. The number of likely N-dealkylation sites (N-methyl/N-ethyl adjacent to an activating group) is 1. The van der Waals surface area contributed by atoms with E-state index in [-0.39, 0.29) is 12.5 Å². The maximum absolute atomic E-state index is 12.6. The molecule has 0 spiro atoms. The van der Waals surface area contributed by atoms with Crippen LogP contribution >= 0.6 is 27.7 Å². The number of aliphatic imine (C=N–C) groups is 1. The molecule has 1 heterocycles. The Morgan fingerprint density at radius 2 is 2.04 bits per heavy atom. The molecule has 1 saturated heterocycles. The summed E-state index contributed by atoms with van der Waals surface area (Å²) < 4.78 is 16.1. The van der Waals surface area contributed by atoms with Gasteiger partial charge in [-0.3, -0.25) is 14.7 Å². The van der Waals surface area contributed by atoms with Crippen molar-refractivity contribution in [2.45, 2.75) is 13.8 Å². The molecule has 2 rings (SSSR count). The van der Waals surface area contributed by atoms with Crippen molar-refractivity contribution in [3.05, 3.63) is 27.1 Å². The molecule has 0 saturated carbocycles. The Labute approximate surface area is 170 Å². The predicted molar refractivity (Wildman–Crippen MR) is 109 cm³/mol. The van der Waals surface area contributed by atoms with Crippen molar-refractivity contribution in [2.75, 3.05) is 33.9 Å². The molecule has 0 atom stereocenters. The van der Waals surface area contributed by atoms with Gasteiger partial charge in [-0.2, -0.15) is 0 Å². The second-order valence-electron chi connectivity index (χ2n) is 5.31. The summed E-state index contributed by atoms with van der Waals surface area (Å²) in [5, 5.41) is 0.706. The summed E-state index contributed by atoms with van der Waals surface area (Å²) in [5.74, 6) is 0.270. The van der Waals surface area contributed by atoms with Crippen molar-refractivity contribution in [3.63, 3.8) is 0 Å². The minimum Gasteiger partial charge on any atom is -0.493 e. The van der Waals surface area contributed by atoms with Gasteiger partial charge in [-0.05, 0) is 49.4 Å². The summed E-state index contributed by atoms with van der Waals surface area (Å²) in [6.45, 7) is 4.80. The average molecular weight is 457 g/mol. The van der Waals surface area contributed by atoms with E-state index in [1.807, 2.05) is 13.8 Å². The number of carbonyl (C=O) groups is 2. The zero-order valence-electron chi connectivity index (χ0n) is 15.6. The van der Waals surface area contributed by atoms with Gasteiger partial charge in [0.1, 0.15) is 0 Å². The Kier molecular flexibility index (Phi) is 7.73. The van der Waals surface area contributed by atoms with Crippen LogP contribution in [0.15, 0.2) is 26.5 Å². The number of benzene rings is 1. The van der Waals surface area contributed by atoms with E-state index in [9.17, 15) is 9.59 Å². The number of thioether (sulfide) groups is 1. The van der Waals surface area contributed by atoms with Gasteiger partial charge in [0.05, 0.1) is 19.1 Å². The summed E-state index contributed by atoms with van der Waals surface area (Å²) in [6.07, 6.45) is 1.78. The average Bonchev–Trinajstić information content (AvgIpc) is 2.96. The van der Waals surface area contributed by atoms with Crippen LogP contribution < -0.4 is 9.47 Å². The summed E-state index contributed by atoms with van der Waals surface area (Å²) in [7, 11) is 2.80. The third-order valence-electron chi connectivity index (χ3n) is 3.64. The molecule has 1 aromatic carbocycles. The number of halogens is 1. The zero-order valence-corrected chi connectivity index (χ0v) is 18.0. The molecule has 7 nitrogen and oxygen atoms in total. The Bertz CT molecular complexity index is 794. The number of rotatable bonds is 7. The van der Waals surface area contributed by atoms with Crippen LogP contribution in [0.4, 0.5) is 0 Å². The van der Waals surface area contributed by atoms with Crippen LogP contribution in [0.1, 0.15) is 19.4 Å². The van der Waals surface area contributed by atoms with Gasteiger partial charge in [0, 0.05) is 17.6 Å². The van der Waals surface area contributed by atoms with Crippen molar-refractivity contribution < 1.29 is 23.8 Å². The number of hydrogen-bond donors (Lipinski definition) is 0. The molecule has 1 aliphatic heterocycles. The highest BCUT2D eigenvalue weighted by Gasteiger charge is 2.32. The van der Waals surface area contributed by atoms with Crippen molar-refractivity contribution in [1.82, 2.24) is 4.90 Å². The van der Waals surface area contributed by atoms with E-state index < -0.39 is 5.97 Å². The van der Waals surface area contributed by atoms with Gasteiger partial charge in [0.2, 0.25) is 0 Å². The van der Waals surface area contributed by atoms with Crippen LogP contribution in [0, 0.1) is 0 Å². The summed E-state index contributed by atoms with van der Waals surface area (Å²) in [4.78, 5) is 30.5. The molecule has 0 radical (unpaired) electrons. The molecule has 1 aromatic rings. The molecule has 0 unspecified atom stereocenters. The quantitative estimate of drug-likeness (QED) is 0.462. The second-order valence-corrected chi connectivity index (χ2v) is 7.17. The van der Waals surface area contributed by atoms with Crippen molar-refractivity contribution in [3.8, 4) is 11.5 Å². The van der Waals surface area contributed by atoms with Crippen LogP contribution in [0.25, 0.3) is 6.08 Å². The molecule has 9 heteroatoms. The summed E-state index contributed by atoms with van der Waals surface area (Å²) in [5.41, 5.74) is 0.752. The molecule has 27 heavy (non-hydrogen) atoms. The lowest BCUT2D eigenvalue weighted by atomic mass is 10.2. The largest absolute Gasteiger partial charge is 0.493 e. The highest BCUT2D eigenvalue weighted by molar-refractivity contribution is 9.10. The molecule has 0 N–H and O–H groups in total. The molecule has 0 aromatic heterocycles. The minimum absolute atomic E-state index is 0.0772. The van der Waals surface area contributed by atoms with Gasteiger partial charge in [-0.25, -0.2) is 4.79 Å². The van der Waals surface area contributed by atoms with E-state index in [1.54, 1.807) is 23.1 Å². The van der Waals surface area contributed by atoms with Crippen molar-refractivity contribution >= 4 is 50.8 Å². The van der Waals surface area contributed by atoms with Crippen LogP contribution in [-0.4, -0.2) is 55.9 Å². The standard InChI is InChI=1S/C18H21BrN2O5S/c1-5-20-18-21(6-2)17(23)15(27-18)8-11-7-13(24-3)14(9-12(11)19)26-10-16(22)25-4/h7-9H,5-6,10H2,1-4H3/b15-8-,20-18?. The number of amides is 1. The fraction of sp³-hybridized carbons (Fsp3) is 0.389. The van der Waals surface area contributed by atoms with E-state index in [1.165, 1.54) is 26.0 Å². The van der Waals surface area contributed by atoms with E-state index in [0.717, 1.165) is 5.56 Å². The smallest absolute Gasteiger partial charge is 0.343 e. The molecule has 0 aliphatic carbocycles. The molecule has 1 fully saturated rings. The van der Waals surface area contributed by atoms with E-state index in [2.05, 4.69) is 25.7 Å². The fourth-order valence-corrected chi connectivity index (χ4v) is 3.84. The predicted octanol–water partition coefficient (Wildman–Crippen LogP) is 3.32. The Morgan fingerprint density at radius 1 is 1.30 bits per heavy atom.